The number of H-pyrrole nitrogens is 1. The van der Waals surface area contributed by atoms with Crippen LogP contribution >= 0.6 is 0 Å². The lowest BCUT2D eigenvalue weighted by molar-refractivity contribution is 0.102. The number of fused-ring (bicyclic) bond motifs is 1. The van der Waals surface area contributed by atoms with Gasteiger partial charge in [-0.15, -0.1) is 0 Å². The minimum Gasteiger partial charge on any atom is -0.305 e. The predicted octanol–water partition coefficient (Wildman–Crippen LogP) is 2.21. The van der Waals surface area contributed by atoms with Crippen molar-refractivity contribution >= 4 is 22.5 Å². The summed E-state index contributed by atoms with van der Waals surface area (Å²) in [6.45, 7) is 0. The smallest absolute Gasteiger partial charge is 0.274 e. The zero-order valence-corrected chi connectivity index (χ0v) is 9.42. The van der Waals surface area contributed by atoms with E-state index in [4.69, 9.17) is 0 Å². The highest BCUT2D eigenvalue weighted by Gasteiger charge is 2.07. The Morgan fingerprint density at radius 2 is 2.00 bits per heavy atom. The number of hydrogen-bond donors (Lipinski definition) is 2. The molecule has 0 fully saturated rings. The highest BCUT2D eigenvalue weighted by molar-refractivity contribution is 6.03. The number of hydrogen-bond acceptors (Lipinski definition) is 3. The number of aromatic nitrogens is 3. The van der Waals surface area contributed by atoms with Crippen LogP contribution in [-0.4, -0.2) is 21.1 Å². The number of amides is 1. The molecule has 1 aromatic carbocycles. The Bertz CT molecular complexity index is 691. The van der Waals surface area contributed by atoms with Crippen molar-refractivity contribution in [3.05, 3.63) is 54.5 Å². The van der Waals surface area contributed by atoms with Gasteiger partial charge < -0.3 is 5.32 Å². The molecule has 0 aliphatic heterocycles. The average molecular weight is 238 g/mol. The first-order valence-corrected chi connectivity index (χ1v) is 5.48. The molecule has 0 atom stereocenters. The maximum absolute atomic E-state index is 11.8. The van der Waals surface area contributed by atoms with Gasteiger partial charge in [0.25, 0.3) is 5.91 Å². The van der Waals surface area contributed by atoms with Crippen LogP contribution in [0.2, 0.25) is 0 Å². The Hall–Kier alpha value is -2.69. The summed E-state index contributed by atoms with van der Waals surface area (Å²) >= 11 is 0. The molecular weight excluding hydrogens is 228 g/mol. The normalized spacial score (nSPS) is 10.4. The van der Waals surface area contributed by atoms with Crippen molar-refractivity contribution in [2.45, 2.75) is 0 Å². The fraction of sp³-hybridized carbons (Fsp3) is 0. The van der Waals surface area contributed by atoms with E-state index in [-0.39, 0.29) is 5.91 Å². The van der Waals surface area contributed by atoms with E-state index in [9.17, 15) is 4.79 Å². The molecule has 0 radical (unpaired) electrons. The van der Waals surface area contributed by atoms with Gasteiger partial charge in [-0.2, -0.15) is 5.10 Å². The number of anilines is 1. The minimum absolute atomic E-state index is 0.254. The van der Waals surface area contributed by atoms with Gasteiger partial charge in [0.05, 0.1) is 0 Å². The van der Waals surface area contributed by atoms with E-state index in [1.807, 2.05) is 30.3 Å². The van der Waals surface area contributed by atoms with Gasteiger partial charge in [0.15, 0.2) is 0 Å². The minimum atomic E-state index is -0.254. The summed E-state index contributed by atoms with van der Waals surface area (Å²) in [5, 5.41) is 11.1. The largest absolute Gasteiger partial charge is 0.305 e. The lowest BCUT2D eigenvalue weighted by Crippen LogP contribution is -2.13. The number of nitrogens with zero attached hydrogens (tertiary/aromatic N) is 2. The Morgan fingerprint density at radius 1 is 1.17 bits per heavy atom. The van der Waals surface area contributed by atoms with Gasteiger partial charge in [-0.1, -0.05) is 24.3 Å². The summed E-state index contributed by atoms with van der Waals surface area (Å²) in [6.07, 6.45) is 3.26. The highest BCUT2D eigenvalue weighted by Crippen LogP contribution is 2.16. The molecule has 0 saturated carbocycles. The first-order valence-electron chi connectivity index (χ1n) is 5.48. The maximum atomic E-state index is 11.8. The van der Waals surface area contributed by atoms with Crippen LogP contribution < -0.4 is 5.32 Å². The van der Waals surface area contributed by atoms with Crippen LogP contribution in [0.25, 0.3) is 10.8 Å². The van der Waals surface area contributed by atoms with Crippen molar-refractivity contribution in [1.29, 1.82) is 0 Å². The number of carbonyl (C=O) groups is 1. The van der Waals surface area contributed by atoms with Gasteiger partial charge in [0, 0.05) is 17.8 Å². The first-order chi connectivity index (χ1) is 8.83. The zero-order valence-electron chi connectivity index (χ0n) is 9.42. The molecule has 0 bridgehead atoms. The van der Waals surface area contributed by atoms with Crippen LogP contribution in [0.1, 0.15) is 10.5 Å². The van der Waals surface area contributed by atoms with E-state index >= 15 is 0 Å². The van der Waals surface area contributed by atoms with Gasteiger partial charge in [-0.3, -0.25) is 9.89 Å². The molecule has 2 N–H and O–H groups in total. The van der Waals surface area contributed by atoms with Crippen molar-refractivity contribution in [1.82, 2.24) is 15.2 Å². The molecule has 88 valence electrons. The van der Waals surface area contributed by atoms with Crippen LogP contribution in [0.5, 0.6) is 0 Å². The van der Waals surface area contributed by atoms with E-state index in [1.54, 1.807) is 12.3 Å². The summed E-state index contributed by atoms with van der Waals surface area (Å²) < 4.78 is 0. The lowest BCUT2D eigenvalue weighted by Gasteiger charge is -2.04. The van der Waals surface area contributed by atoms with Crippen molar-refractivity contribution in [2.24, 2.45) is 0 Å². The summed E-state index contributed by atoms with van der Waals surface area (Å²) in [5.41, 5.74) is 0.407. The first kappa shape index (κ1) is 10.5. The third-order valence-electron chi connectivity index (χ3n) is 2.62. The summed E-state index contributed by atoms with van der Waals surface area (Å²) in [4.78, 5) is 16.0. The monoisotopic (exact) mass is 238 g/mol. The molecule has 0 aliphatic carbocycles. The van der Waals surface area contributed by atoms with Gasteiger partial charge in [0.2, 0.25) is 0 Å². The SMILES string of the molecule is O=C(Nc1cc2ccccc2cn1)c1ccn[nH]1. The van der Waals surface area contributed by atoms with Crippen molar-refractivity contribution < 1.29 is 4.79 Å². The van der Waals surface area contributed by atoms with Gasteiger partial charge in [-0.05, 0) is 17.5 Å². The Labute approximate surface area is 103 Å². The highest BCUT2D eigenvalue weighted by atomic mass is 16.2. The van der Waals surface area contributed by atoms with Gasteiger partial charge in [0.1, 0.15) is 11.5 Å². The van der Waals surface area contributed by atoms with E-state index < -0.39 is 0 Å². The van der Waals surface area contributed by atoms with E-state index in [0.717, 1.165) is 10.8 Å². The van der Waals surface area contributed by atoms with Crippen LogP contribution in [0.15, 0.2) is 48.8 Å². The molecule has 0 unspecified atom stereocenters. The van der Waals surface area contributed by atoms with Gasteiger partial charge >= 0.3 is 0 Å². The molecule has 2 aromatic heterocycles. The Kier molecular flexibility index (Phi) is 2.49. The number of pyridine rings is 1. The average Bonchev–Trinajstić information content (AvgIpc) is 2.92. The fourth-order valence-corrected chi connectivity index (χ4v) is 1.72. The summed E-state index contributed by atoms with van der Waals surface area (Å²) in [5.74, 6) is 0.267. The molecule has 3 aromatic rings. The molecule has 3 rings (SSSR count). The standard InChI is InChI=1S/C13H10N4O/c18-13(11-5-6-15-17-11)16-12-7-9-3-1-2-4-10(9)8-14-12/h1-8H,(H,15,17)(H,14,16,18). The van der Waals surface area contributed by atoms with E-state index in [1.165, 1.54) is 6.20 Å². The number of benzene rings is 1. The third-order valence-corrected chi connectivity index (χ3v) is 2.62. The zero-order chi connectivity index (χ0) is 12.4. The summed E-state index contributed by atoms with van der Waals surface area (Å²) in [6, 6.07) is 11.3. The molecule has 18 heavy (non-hydrogen) atoms. The number of rotatable bonds is 2. The second-order valence-electron chi connectivity index (χ2n) is 3.84. The third kappa shape index (κ3) is 1.93. The molecule has 0 aliphatic rings. The van der Waals surface area contributed by atoms with Crippen LogP contribution in [0.3, 0.4) is 0 Å². The molecule has 5 heteroatoms. The molecule has 2 heterocycles. The van der Waals surface area contributed by atoms with Crippen molar-refractivity contribution in [3.8, 4) is 0 Å². The van der Waals surface area contributed by atoms with Crippen LogP contribution in [0, 0.1) is 0 Å². The number of nitrogens with one attached hydrogen (secondary N) is 2. The van der Waals surface area contributed by atoms with Crippen molar-refractivity contribution in [3.63, 3.8) is 0 Å². The second-order valence-corrected chi connectivity index (χ2v) is 3.84. The van der Waals surface area contributed by atoms with Crippen LogP contribution in [0.4, 0.5) is 5.82 Å². The fourth-order valence-electron chi connectivity index (χ4n) is 1.72. The summed E-state index contributed by atoms with van der Waals surface area (Å²) in [7, 11) is 0. The quantitative estimate of drug-likeness (QED) is 0.719. The maximum Gasteiger partial charge on any atom is 0.274 e. The molecular formula is C13H10N4O. The van der Waals surface area contributed by atoms with E-state index in [2.05, 4.69) is 20.5 Å². The Balaban J connectivity index is 1.89. The predicted molar refractivity (Wildman–Crippen MR) is 68.3 cm³/mol. The van der Waals surface area contributed by atoms with Crippen LogP contribution in [-0.2, 0) is 0 Å². The molecule has 1 amide bonds. The molecule has 5 nitrogen and oxygen atoms in total. The lowest BCUT2D eigenvalue weighted by atomic mass is 10.2. The molecule has 0 saturated heterocycles. The van der Waals surface area contributed by atoms with Gasteiger partial charge in [-0.25, -0.2) is 4.98 Å². The Morgan fingerprint density at radius 3 is 2.78 bits per heavy atom. The molecule has 0 spiro atoms. The van der Waals surface area contributed by atoms with Crippen molar-refractivity contribution in [2.75, 3.05) is 5.32 Å². The number of carbonyl (C=O) groups excluding carboxylic acids is 1. The topological polar surface area (TPSA) is 70.7 Å². The number of aromatic amines is 1. The second kappa shape index (κ2) is 4.29. The van der Waals surface area contributed by atoms with E-state index in [0.29, 0.717) is 11.5 Å².